The van der Waals surface area contributed by atoms with Gasteiger partial charge in [-0.05, 0) is 32.7 Å². The first-order chi connectivity index (χ1) is 9.16. The zero-order valence-corrected chi connectivity index (χ0v) is 11.3. The number of nitrogens with one attached hydrogen (secondary N) is 2. The van der Waals surface area contributed by atoms with Crippen LogP contribution in [0.2, 0.25) is 0 Å². The van der Waals surface area contributed by atoms with Gasteiger partial charge in [-0.1, -0.05) is 6.42 Å². The summed E-state index contributed by atoms with van der Waals surface area (Å²) in [4.78, 5) is 14.7. The maximum Gasteiger partial charge on any atom is 0.274 e. The molecule has 2 unspecified atom stereocenters. The Morgan fingerprint density at radius 2 is 2.26 bits per heavy atom. The number of piperidine rings is 1. The van der Waals surface area contributed by atoms with Crippen molar-refractivity contribution in [2.24, 2.45) is 0 Å². The van der Waals surface area contributed by atoms with Gasteiger partial charge in [-0.25, -0.2) is 0 Å². The van der Waals surface area contributed by atoms with Crippen molar-refractivity contribution >= 4 is 11.6 Å². The maximum atomic E-state index is 12.2. The van der Waals surface area contributed by atoms with E-state index in [1.54, 1.807) is 0 Å². The van der Waals surface area contributed by atoms with Crippen LogP contribution in [0.15, 0.2) is 0 Å². The van der Waals surface area contributed by atoms with Crippen LogP contribution in [0.5, 0.6) is 0 Å². The highest BCUT2D eigenvalue weighted by atomic mass is 16.2. The van der Waals surface area contributed by atoms with Gasteiger partial charge in [0.15, 0.2) is 5.69 Å². The highest BCUT2D eigenvalue weighted by molar-refractivity contribution is 5.97. The number of rotatable bonds is 2. The predicted molar refractivity (Wildman–Crippen MR) is 72.8 cm³/mol. The van der Waals surface area contributed by atoms with Crippen molar-refractivity contribution in [3.8, 4) is 0 Å². The summed E-state index contributed by atoms with van der Waals surface area (Å²) in [6.07, 6.45) is 4.75. The largest absolute Gasteiger partial charge is 0.395 e. The van der Waals surface area contributed by atoms with E-state index in [0.29, 0.717) is 17.4 Å². The molecule has 1 aromatic heterocycles. The maximum absolute atomic E-state index is 12.2. The number of carbonyl (C=O) groups is 1. The van der Waals surface area contributed by atoms with Gasteiger partial charge in [0, 0.05) is 18.6 Å². The van der Waals surface area contributed by atoms with Crippen LogP contribution in [-0.2, 0) is 0 Å². The zero-order valence-electron chi connectivity index (χ0n) is 11.3. The summed E-state index contributed by atoms with van der Waals surface area (Å²) in [6.45, 7) is 4.07. The number of hydrogen-bond acceptors (Lipinski definition) is 4. The monoisotopic (exact) mass is 263 g/mol. The van der Waals surface area contributed by atoms with Gasteiger partial charge in [0.2, 0.25) is 0 Å². The Morgan fingerprint density at radius 1 is 1.42 bits per heavy atom. The van der Waals surface area contributed by atoms with E-state index >= 15 is 0 Å². The molecule has 6 nitrogen and oxygen atoms in total. The normalized spacial score (nSPS) is 27.2. The Bertz CT molecular complexity index is 483. The number of carbonyl (C=O) groups excluding carboxylic acids is 1. The second-order valence-electron chi connectivity index (χ2n) is 5.58. The van der Waals surface area contributed by atoms with Crippen LogP contribution in [0.4, 0.5) is 5.69 Å². The molecule has 0 aliphatic carbocycles. The first kappa shape index (κ1) is 12.5. The molecule has 19 heavy (non-hydrogen) atoms. The average molecular weight is 263 g/mol. The number of fused-ring (bicyclic) bond motifs is 1. The molecule has 0 radical (unpaired) electrons. The Balaban J connectivity index is 1.68. The lowest BCUT2D eigenvalue weighted by molar-refractivity contribution is 0.0911. The highest BCUT2D eigenvalue weighted by Gasteiger charge is 2.36. The quantitative estimate of drug-likeness (QED) is 0.731. The van der Waals surface area contributed by atoms with Crippen LogP contribution in [0.1, 0.15) is 41.9 Å². The Morgan fingerprint density at radius 3 is 3.00 bits per heavy atom. The number of aromatic nitrogens is 2. The van der Waals surface area contributed by atoms with E-state index in [-0.39, 0.29) is 11.9 Å². The van der Waals surface area contributed by atoms with Crippen LogP contribution in [0, 0.1) is 6.92 Å². The third-order valence-corrected chi connectivity index (χ3v) is 4.38. The predicted octanol–water partition coefficient (Wildman–Crippen LogP) is 0.657. The van der Waals surface area contributed by atoms with Crippen molar-refractivity contribution in [1.82, 2.24) is 20.4 Å². The van der Waals surface area contributed by atoms with E-state index < -0.39 is 0 Å². The molecule has 3 heterocycles. The van der Waals surface area contributed by atoms with Crippen LogP contribution in [-0.4, -0.2) is 46.2 Å². The fourth-order valence-corrected chi connectivity index (χ4v) is 3.26. The number of amides is 1. The summed E-state index contributed by atoms with van der Waals surface area (Å²) in [5, 5.41) is 9.84. The lowest BCUT2D eigenvalue weighted by Gasteiger charge is -2.32. The minimum absolute atomic E-state index is 0.153. The molecule has 0 aromatic carbocycles. The molecule has 2 saturated heterocycles. The van der Waals surface area contributed by atoms with Crippen LogP contribution < -0.4 is 11.1 Å². The number of nitrogens with zero attached hydrogens (tertiary/aromatic N) is 2. The average Bonchev–Trinajstić information content (AvgIpc) is 2.96. The standard InChI is InChI=1S/C13H21N5O/c1-8-11(14)12(17-16-8)13(19)15-9-5-7-18-6-3-2-4-10(9)18/h9-10H,2-7,14H2,1H3,(H,15,19)(H,16,17). The Hall–Kier alpha value is -1.56. The molecule has 2 aliphatic heterocycles. The molecule has 2 fully saturated rings. The molecule has 3 rings (SSSR count). The summed E-state index contributed by atoms with van der Waals surface area (Å²) >= 11 is 0. The summed E-state index contributed by atoms with van der Waals surface area (Å²) in [5.41, 5.74) is 7.37. The molecular formula is C13H21N5O. The first-order valence-corrected chi connectivity index (χ1v) is 7.02. The zero-order chi connectivity index (χ0) is 13.4. The van der Waals surface area contributed by atoms with Crippen molar-refractivity contribution in [3.05, 3.63) is 11.4 Å². The molecule has 1 amide bonds. The van der Waals surface area contributed by atoms with Gasteiger partial charge in [0.1, 0.15) is 0 Å². The highest BCUT2D eigenvalue weighted by Crippen LogP contribution is 2.27. The molecule has 0 spiro atoms. The van der Waals surface area contributed by atoms with Crippen LogP contribution in [0.3, 0.4) is 0 Å². The number of H-pyrrole nitrogens is 1. The Labute approximate surface area is 112 Å². The number of nitrogens with two attached hydrogens (primary N) is 1. The van der Waals surface area contributed by atoms with Gasteiger partial charge in [0.25, 0.3) is 5.91 Å². The molecule has 6 heteroatoms. The van der Waals surface area contributed by atoms with Gasteiger partial charge in [-0.2, -0.15) is 5.10 Å². The summed E-state index contributed by atoms with van der Waals surface area (Å²) in [6, 6.07) is 0.739. The van der Waals surface area contributed by atoms with Crippen LogP contribution in [0.25, 0.3) is 0 Å². The minimum atomic E-state index is -0.153. The van der Waals surface area contributed by atoms with Gasteiger partial charge < -0.3 is 11.1 Å². The molecular weight excluding hydrogens is 242 g/mol. The van der Waals surface area contributed by atoms with E-state index in [0.717, 1.165) is 18.7 Å². The van der Waals surface area contributed by atoms with Crippen molar-refractivity contribution in [1.29, 1.82) is 0 Å². The Kier molecular flexibility index (Phi) is 3.18. The molecule has 0 saturated carbocycles. The summed E-state index contributed by atoms with van der Waals surface area (Å²) < 4.78 is 0. The van der Waals surface area contributed by atoms with Gasteiger partial charge in [0.05, 0.1) is 11.4 Å². The first-order valence-electron chi connectivity index (χ1n) is 7.02. The summed E-state index contributed by atoms with van der Waals surface area (Å²) in [5.74, 6) is -0.153. The lowest BCUT2D eigenvalue weighted by Crippen LogP contribution is -2.47. The van der Waals surface area contributed by atoms with Crippen molar-refractivity contribution in [2.45, 2.75) is 44.7 Å². The summed E-state index contributed by atoms with van der Waals surface area (Å²) in [7, 11) is 0. The van der Waals surface area contributed by atoms with Gasteiger partial charge >= 0.3 is 0 Å². The smallest absolute Gasteiger partial charge is 0.274 e. The lowest BCUT2D eigenvalue weighted by atomic mass is 9.99. The van der Waals surface area contributed by atoms with E-state index in [1.165, 1.54) is 25.8 Å². The van der Waals surface area contributed by atoms with Crippen molar-refractivity contribution in [3.63, 3.8) is 0 Å². The number of aryl methyl sites for hydroxylation is 1. The molecule has 1 aromatic rings. The molecule has 104 valence electrons. The second-order valence-corrected chi connectivity index (χ2v) is 5.58. The van der Waals surface area contributed by atoms with Crippen molar-refractivity contribution in [2.75, 3.05) is 18.8 Å². The molecule has 0 bridgehead atoms. The topological polar surface area (TPSA) is 87.0 Å². The number of hydrogen-bond donors (Lipinski definition) is 3. The molecule has 2 atom stereocenters. The molecule has 2 aliphatic rings. The second kappa shape index (κ2) is 4.85. The van der Waals surface area contributed by atoms with Gasteiger partial charge in [-0.15, -0.1) is 0 Å². The minimum Gasteiger partial charge on any atom is -0.395 e. The van der Waals surface area contributed by atoms with Crippen molar-refractivity contribution < 1.29 is 4.79 Å². The van der Waals surface area contributed by atoms with E-state index in [1.807, 2.05) is 6.92 Å². The van der Waals surface area contributed by atoms with Crippen LogP contribution >= 0.6 is 0 Å². The van der Waals surface area contributed by atoms with E-state index in [4.69, 9.17) is 5.73 Å². The third kappa shape index (κ3) is 2.20. The SMILES string of the molecule is Cc1[nH]nc(C(=O)NC2CCN3CCCCC23)c1N. The van der Waals surface area contributed by atoms with Gasteiger partial charge in [-0.3, -0.25) is 14.8 Å². The fourth-order valence-electron chi connectivity index (χ4n) is 3.26. The number of aromatic amines is 1. The third-order valence-electron chi connectivity index (χ3n) is 4.38. The van der Waals surface area contributed by atoms with E-state index in [9.17, 15) is 4.79 Å². The number of nitrogen functional groups attached to an aromatic ring is 1. The molecule has 4 N–H and O–H groups in total. The van der Waals surface area contributed by atoms with E-state index in [2.05, 4.69) is 20.4 Å². The fraction of sp³-hybridized carbons (Fsp3) is 0.692. The number of anilines is 1.